The molecule has 0 spiro atoms. The van der Waals surface area contributed by atoms with E-state index in [0.717, 1.165) is 18.4 Å². The van der Waals surface area contributed by atoms with E-state index < -0.39 is 6.16 Å². The van der Waals surface area contributed by atoms with Gasteiger partial charge in [0.05, 0.1) is 12.3 Å². The molecule has 1 aromatic carbocycles. The number of thioether (sulfide) groups is 1. The van der Waals surface area contributed by atoms with Gasteiger partial charge in [-0.1, -0.05) is 6.07 Å². The van der Waals surface area contributed by atoms with E-state index in [1.165, 1.54) is 16.4 Å². The average molecular weight is 390 g/mol. The molecule has 0 atom stereocenters. The maximum atomic E-state index is 12.4. The summed E-state index contributed by atoms with van der Waals surface area (Å²) < 4.78 is 11.5. The first kappa shape index (κ1) is 19.1. The SMILES string of the molecule is CCOC(=O)Oc1c(SC)nn(-c2cc(C(=O)NC3CC3)ccc2C)c1N. The molecular weight excluding hydrogens is 368 g/mol. The van der Waals surface area contributed by atoms with Crippen molar-refractivity contribution in [1.82, 2.24) is 15.1 Å². The Morgan fingerprint density at radius 3 is 2.78 bits per heavy atom. The second-order valence-corrected chi connectivity index (χ2v) is 6.96. The minimum absolute atomic E-state index is 0.127. The van der Waals surface area contributed by atoms with Crippen LogP contribution in [0, 0.1) is 6.92 Å². The zero-order valence-corrected chi connectivity index (χ0v) is 16.3. The molecule has 1 amide bonds. The van der Waals surface area contributed by atoms with E-state index in [1.54, 1.807) is 25.3 Å². The van der Waals surface area contributed by atoms with E-state index in [0.29, 0.717) is 16.3 Å². The maximum absolute atomic E-state index is 12.4. The molecule has 1 fully saturated rings. The number of ether oxygens (including phenoxy) is 2. The van der Waals surface area contributed by atoms with Crippen molar-refractivity contribution >= 4 is 29.6 Å². The summed E-state index contributed by atoms with van der Waals surface area (Å²) in [6, 6.07) is 5.60. The van der Waals surface area contributed by atoms with Crippen LogP contribution in [0.3, 0.4) is 0 Å². The van der Waals surface area contributed by atoms with Crippen molar-refractivity contribution in [3.05, 3.63) is 29.3 Å². The molecule has 3 rings (SSSR count). The molecule has 0 unspecified atom stereocenters. The monoisotopic (exact) mass is 390 g/mol. The highest BCUT2D eigenvalue weighted by Gasteiger charge is 2.25. The van der Waals surface area contributed by atoms with Crippen LogP contribution in [0.15, 0.2) is 23.2 Å². The second-order valence-electron chi connectivity index (χ2n) is 6.17. The molecule has 1 heterocycles. The maximum Gasteiger partial charge on any atom is 0.514 e. The van der Waals surface area contributed by atoms with Gasteiger partial charge in [0.15, 0.2) is 10.8 Å². The standard InChI is InChI=1S/C18H22N4O4S/c1-4-25-18(24)26-14-15(19)22(21-17(14)27-3)13-9-11(6-5-10(13)2)16(23)20-12-7-8-12/h5-6,9,12H,4,7-8,19H2,1-3H3,(H,20,23). The number of nitrogens with zero attached hydrogens (tertiary/aromatic N) is 2. The summed E-state index contributed by atoms with van der Waals surface area (Å²) in [5.41, 5.74) is 8.24. The number of carbonyl (C=O) groups excluding carboxylic acids is 2. The lowest BCUT2D eigenvalue weighted by Crippen LogP contribution is -2.25. The van der Waals surface area contributed by atoms with Crippen LogP contribution < -0.4 is 15.8 Å². The zero-order chi connectivity index (χ0) is 19.6. The third-order valence-electron chi connectivity index (χ3n) is 4.10. The van der Waals surface area contributed by atoms with Crippen LogP contribution in [0.25, 0.3) is 5.69 Å². The van der Waals surface area contributed by atoms with Crippen molar-refractivity contribution in [2.75, 3.05) is 18.6 Å². The number of aromatic nitrogens is 2. The first-order chi connectivity index (χ1) is 12.9. The van der Waals surface area contributed by atoms with Gasteiger partial charge < -0.3 is 20.5 Å². The van der Waals surface area contributed by atoms with Crippen LogP contribution in [0.5, 0.6) is 5.75 Å². The molecule has 1 aromatic heterocycles. The fourth-order valence-corrected chi connectivity index (χ4v) is 3.01. The van der Waals surface area contributed by atoms with Gasteiger partial charge in [0, 0.05) is 11.6 Å². The summed E-state index contributed by atoms with van der Waals surface area (Å²) in [6.07, 6.45) is 2.99. The predicted molar refractivity (Wildman–Crippen MR) is 103 cm³/mol. The van der Waals surface area contributed by atoms with E-state index in [2.05, 4.69) is 10.4 Å². The Labute approximate surface area is 161 Å². The summed E-state index contributed by atoms with van der Waals surface area (Å²) in [6.45, 7) is 3.77. The van der Waals surface area contributed by atoms with Crippen LogP contribution in [0.2, 0.25) is 0 Å². The number of benzene rings is 1. The highest BCUT2D eigenvalue weighted by atomic mass is 32.2. The number of hydrogen-bond donors (Lipinski definition) is 2. The van der Waals surface area contributed by atoms with E-state index in [1.807, 2.05) is 13.0 Å². The van der Waals surface area contributed by atoms with Crippen LogP contribution in [-0.4, -0.2) is 40.7 Å². The van der Waals surface area contributed by atoms with Crippen LogP contribution >= 0.6 is 11.8 Å². The third-order valence-corrected chi connectivity index (χ3v) is 4.75. The quantitative estimate of drug-likeness (QED) is 0.576. The lowest BCUT2D eigenvalue weighted by Gasteiger charge is -2.11. The van der Waals surface area contributed by atoms with E-state index in [4.69, 9.17) is 15.2 Å². The Balaban J connectivity index is 1.96. The minimum Gasteiger partial charge on any atom is -0.434 e. The van der Waals surface area contributed by atoms with Crippen molar-refractivity contribution in [3.63, 3.8) is 0 Å². The van der Waals surface area contributed by atoms with E-state index >= 15 is 0 Å². The topological polar surface area (TPSA) is 108 Å². The molecule has 0 saturated heterocycles. The number of nitrogens with two attached hydrogens (primary N) is 1. The van der Waals surface area contributed by atoms with Gasteiger partial charge in [0.1, 0.15) is 0 Å². The number of rotatable bonds is 6. The Kier molecular flexibility index (Phi) is 5.59. The largest absolute Gasteiger partial charge is 0.514 e. The van der Waals surface area contributed by atoms with Crippen LogP contribution in [0.1, 0.15) is 35.7 Å². The first-order valence-electron chi connectivity index (χ1n) is 8.63. The summed E-state index contributed by atoms with van der Waals surface area (Å²) >= 11 is 1.29. The third kappa shape index (κ3) is 4.19. The van der Waals surface area contributed by atoms with Crippen molar-refractivity contribution in [2.24, 2.45) is 0 Å². The van der Waals surface area contributed by atoms with Crippen molar-refractivity contribution < 1.29 is 19.1 Å². The summed E-state index contributed by atoms with van der Waals surface area (Å²) in [4.78, 5) is 24.1. The Hall–Kier alpha value is -2.68. The number of aryl methyl sites for hydroxylation is 1. The van der Waals surface area contributed by atoms with Gasteiger partial charge in [-0.25, -0.2) is 9.48 Å². The van der Waals surface area contributed by atoms with E-state index in [9.17, 15) is 9.59 Å². The van der Waals surface area contributed by atoms with Gasteiger partial charge in [-0.2, -0.15) is 5.10 Å². The fraction of sp³-hybridized carbons (Fsp3) is 0.389. The van der Waals surface area contributed by atoms with Crippen molar-refractivity contribution in [1.29, 1.82) is 0 Å². The summed E-state index contributed by atoms with van der Waals surface area (Å²) in [5.74, 6) is 0.181. The van der Waals surface area contributed by atoms with E-state index in [-0.39, 0.29) is 30.1 Å². The molecule has 9 heteroatoms. The fourth-order valence-electron chi connectivity index (χ4n) is 2.51. The molecule has 8 nitrogen and oxygen atoms in total. The van der Waals surface area contributed by atoms with Gasteiger partial charge in [0.2, 0.25) is 5.75 Å². The normalized spacial score (nSPS) is 13.3. The molecule has 1 saturated carbocycles. The molecule has 0 radical (unpaired) electrons. The Morgan fingerprint density at radius 1 is 1.41 bits per heavy atom. The molecular formula is C18H22N4O4S. The Bertz CT molecular complexity index is 876. The molecule has 0 bridgehead atoms. The van der Waals surface area contributed by atoms with Crippen molar-refractivity contribution in [2.45, 2.75) is 37.8 Å². The molecule has 144 valence electrons. The Morgan fingerprint density at radius 2 is 2.15 bits per heavy atom. The second kappa shape index (κ2) is 7.91. The molecule has 3 N–H and O–H groups in total. The van der Waals surface area contributed by atoms with Gasteiger partial charge >= 0.3 is 6.16 Å². The predicted octanol–water partition coefficient (Wildman–Crippen LogP) is 2.91. The number of carbonyl (C=O) groups is 2. The lowest BCUT2D eigenvalue weighted by molar-refractivity contribution is 0.0950. The summed E-state index contributed by atoms with van der Waals surface area (Å²) in [7, 11) is 0. The van der Waals surface area contributed by atoms with Gasteiger partial charge in [-0.05, 0) is 50.6 Å². The van der Waals surface area contributed by atoms with Crippen molar-refractivity contribution in [3.8, 4) is 11.4 Å². The molecule has 27 heavy (non-hydrogen) atoms. The number of amides is 1. The minimum atomic E-state index is -0.840. The summed E-state index contributed by atoms with van der Waals surface area (Å²) in [5, 5.41) is 7.85. The number of anilines is 1. The van der Waals surface area contributed by atoms with Crippen LogP contribution in [0.4, 0.5) is 10.6 Å². The van der Waals surface area contributed by atoms with Gasteiger partial charge in [-0.3, -0.25) is 4.79 Å². The highest BCUT2D eigenvalue weighted by Crippen LogP contribution is 2.35. The number of nitrogens with one attached hydrogen (secondary N) is 1. The van der Waals surface area contributed by atoms with Crippen LogP contribution in [-0.2, 0) is 4.74 Å². The lowest BCUT2D eigenvalue weighted by atomic mass is 10.1. The highest BCUT2D eigenvalue weighted by molar-refractivity contribution is 7.98. The zero-order valence-electron chi connectivity index (χ0n) is 15.4. The molecule has 1 aliphatic rings. The smallest absolute Gasteiger partial charge is 0.434 e. The number of hydrogen-bond acceptors (Lipinski definition) is 7. The number of nitrogen functional groups attached to an aromatic ring is 1. The molecule has 2 aromatic rings. The van der Waals surface area contributed by atoms with Gasteiger partial charge in [0.25, 0.3) is 5.91 Å². The molecule has 1 aliphatic carbocycles. The van der Waals surface area contributed by atoms with Gasteiger partial charge in [-0.15, -0.1) is 11.8 Å². The first-order valence-corrected chi connectivity index (χ1v) is 9.86. The molecule has 0 aliphatic heterocycles. The average Bonchev–Trinajstić information content (AvgIpc) is 3.40.